The molecular weight excluding hydrogens is 174 g/mol. The highest BCUT2D eigenvalue weighted by Gasteiger charge is 2.37. The summed E-state index contributed by atoms with van der Waals surface area (Å²) in [5, 5.41) is 3.16. The zero-order chi connectivity index (χ0) is 9.97. The van der Waals surface area contributed by atoms with Crippen molar-refractivity contribution in [1.29, 1.82) is 0 Å². The maximum atomic E-state index is 12.1. The Bertz CT molecular complexity index is 214. The van der Waals surface area contributed by atoms with Crippen LogP contribution in [0.25, 0.3) is 0 Å². The van der Waals surface area contributed by atoms with Crippen molar-refractivity contribution in [3.63, 3.8) is 0 Å². The molecule has 14 heavy (non-hydrogen) atoms. The number of hydrogen-bond acceptors (Lipinski definition) is 2. The van der Waals surface area contributed by atoms with Crippen LogP contribution >= 0.6 is 0 Å². The fourth-order valence-corrected chi connectivity index (χ4v) is 3.17. The molecule has 0 spiro atoms. The Morgan fingerprint density at radius 3 is 2.64 bits per heavy atom. The molecule has 80 valence electrons. The van der Waals surface area contributed by atoms with Gasteiger partial charge in [-0.1, -0.05) is 19.3 Å². The van der Waals surface area contributed by atoms with Crippen LogP contribution in [0.2, 0.25) is 0 Å². The Hall–Kier alpha value is -0.370. The molecule has 2 nitrogen and oxygen atoms in total. The molecule has 0 aromatic heterocycles. The summed E-state index contributed by atoms with van der Waals surface area (Å²) in [6, 6.07) is 0.161. The summed E-state index contributed by atoms with van der Waals surface area (Å²) in [5.41, 5.74) is 0. The minimum absolute atomic E-state index is 0.161. The van der Waals surface area contributed by atoms with Gasteiger partial charge in [0.2, 0.25) is 0 Å². The van der Waals surface area contributed by atoms with Gasteiger partial charge in [-0.2, -0.15) is 0 Å². The molecule has 3 unspecified atom stereocenters. The van der Waals surface area contributed by atoms with E-state index in [4.69, 9.17) is 0 Å². The Morgan fingerprint density at radius 1 is 1.07 bits per heavy atom. The molecule has 2 fully saturated rings. The number of carbonyl (C=O) groups excluding carboxylic acids is 1. The van der Waals surface area contributed by atoms with E-state index in [1.807, 2.05) is 7.05 Å². The first-order chi connectivity index (χ1) is 6.83. The average Bonchev–Trinajstić information content (AvgIpc) is 2.44. The van der Waals surface area contributed by atoms with Crippen LogP contribution in [-0.4, -0.2) is 18.9 Å². The van der Waals surface area contributed by atoms with Crippen LogP contribution in [0.5, 0.6) is 0 Å². The van der Waals surface area contributed by atoms with E-state index in [1.165, 1.54) is 32.1 Å². The summed E-state index contributed by atoms with van der Waals surface area (Å²) in [6.45, 7) is 0. The van der Waals surface area contributed by atoms with Crippen molar-refractivity contribution in [3.8, 4) is 0 Å². The minimum Gasteiger partial charge on any atom is -0.311 e. The third-order valence-electron chi connectivity index (χ3n) is 4.04. The topological polar surface area (TPSA) is 29.1 Å². The molecule has 2 aliphatic carbocycles. The van der Waals surface area contributed by atoms with E-state index in [0.29, 0.717) is 11.7 Å². The largest absolute Gasteiger partial charge is 0.311 e. The molecule has 2 saturated carbocycles. The van der Waals surface area contributed by atoms with Gasteiger partial charge in [-0.05, 0) is 38.6 Å². The van der Waals surface area contributed by atoms with Gasteiger partial charge in [-0.15, -0.1) is 0 Å². The maximum Gasteiger partial charge on any atom is 0.153 e. The first-order valence-electron chi connectivity index (χ1n) is 6.04. The van der Waals surface area contributed by atoms with E-state index in [9.17, 15) is 4.79 Å². The van der Waals surface area contributed by atoms with Crippen LogP contribution in [0.15, 0.2) is 0 Å². The molecule has 0 radical (unpaired) electrons. The average molecular weight is 195 g/mol. The summed E-state index contributed by atoms with van der Waals surface area (Å²) >= 11 is 0. The van der Waals surface area contributed by atoms with E-state index in [0.717, 1.165) is 18.8 Å². The number of nitrogens with one attached hydrogen (secondary N) is 1. The van der Waals surface area contributed by atoms with Crippen LogP contribution < -0.4 is 5.32 Å². The van der Waals surface area contributed by atoms with Crippen LogP contribution in [-0.2, 0) is 4.79 Å². The molecule has 3 atom stereocenters. The molecule has 0 amide bonds. The number of likely N-dealkylation sites (N-methyl/N-ethyl adjacent to an activating group) is 1. The number of rotatable bonds is 1. The van der Waals surface area contributed by atoms with Crippen molar-refractivity contribution >= 4 is 5.78 Å². The molecule has 0 aliphatic heterocycles. The third kappa shape index (κ3) is 1.85. The minimum atomic E-state index is 0.161. The molecule has 2 rings (SSSR count). The van der Waals surface area contributed by atoms with Crippen LogP contribution in [0.4, 0.5) is 0 Å². The number of fused-ring (bicyclic) bond motifs is 1. The quantitative estimate of drug-likeness (QED) is 0.694. The lowest BCUT2D eigenvalue weighted by Gasteiger charge is -2.33. The monoisotopic (exact) mass is 195 g/mol. The second kappa shape index (κ2) is 4.43. The highest BCUT2D eigenvalue weighted by molar-refractivity contribution is 5.87. The summed E-state index contributed by atoms with van der Waals surface area (Å²) in [6.07, 6.45) is 8.74. The van der Waals surface area contributed by atoms with Gasteiger partial charge >= 0.3 is 0 Å². The number of Topliss-reactive ketones (excluding diaryl/α,β-unsaturated/α-hetero) is 1. The molecule has 0 aromatic carbocycles. The summed E-state index contributed by atoms with van der Waals surface area (Å²) in [7, 11) is 1.92. The first kappa shape index (κ1) is 10.2. The Morgan fingerprint density at radius 2 is 1.86 bits per heavy atom. The fraction of sp³-hybridized carbons (Fsp3) is 0.917. The lowest BCUT2D eigenvalue weighted by Crippen LogP contribution is -2.44. The smallest absolute Gasteiger partial charge is 0.153 e. The number of ketones is 1. The van der Waals surface area contributed by atoms with Gasteiger partial charge in [0, 0.05) is 5.92 Å². The second-order valence-corrected chi connectivity index (χ2v) is 4.83. The molecule has 0 bridgehead atoms. The van der Waals surface area contributed by atoms with Gasteiger partial charge in [0.05, 0.1) is 6.04 Å². The SMILES string of the molecule is CNC1CCC2CCCCCC2C1=O. The van der Waals surface area contributed by atoms with Crippen molar-refractivity contribution in [3.05, 3.63) is 0 Å². The fourth-order valence-electron chi connectivity index (χ4n) is 3.17. The third-order valence-corrected chi connectivity index (χ3v) is 4.04. The molecule has 0 saturated heterocycles. The Kier molecular flexibility index (Phi) is 3.22. The molecule has 2 heteroatoms. The second-order valence-electron chi connectivity index (χ2n) is 4.83. The summed E-state index contributed by atoms with van der Waals surface area (Å²) in [5.74, 6) is 1.61. The zero-order valence-corrected chi connectivity index (χ0v) is 9.09. The van der Waals surface area contributed by atoms with Gasteiger partial charge < -0.3 is 5.32 Å². The first-order valence-corrected chi connectivity index (χ1v) is 6.04. The Balaban J connectivity index is 2.06. The van der Waals surface area contributed by atoms with E-state index in [2.05, 4.69) is 5.32 Å². The summed E-state index contributed by atoms with van der Waals surface area (Å²) < 4.78 is 0. The predicted octanol–water partition coefficient (Wildman–Crippen LogP) is 2.13. The van der Waals surface area contributed by atoms with Crippen molar-refractivity contribution in [2.45, 2.75) is 51.0 Å². The zero-order valence-electron chi connectivity index (χ0n) is 9.09. The standard InChI is InChI=1S/C12H21NO/c1-13-11-8-7-9-5-3-2-4-6-10(9)12(11)14/h9-11,13H,2-8H2,1H3. The lowest BCUT2D eigenvalue weighted by molar-refractivity contribution is -0.129. The van der Waals surface area contributed by atoms with Crippen molar-refractivity contribution in [2.75, 3.05) is 7.05 Å². The van der Waals surface area contributed by atoms with E-state index in [-0.39, 0.29) is 6.04 Å². The highest BCUT2D eigenvalue weighted by atomic mass is 16.1. The van der Waals surface area contributed by atoms with Crippen LogP contribution in [0, 0.1) is 11.8 Å². The Labute approximate surface area is 86.5 Å². The van der Waals surface area contributed by atoms with Crippen molar-refractivity contribution in [2.24, 2.45) is 11.8 Å². The van der Waals surface area contributed by atoms with Crippen molar-refractivity contribution in [1.82, 2.24) is 5.32 Å². The van der Waals surface area contributed by atoms with Gasteiger partial charge in [0.15, 0.2) is 5.78 Å². The molecule has 0 heterocycles. The van der Waals surface area contributed by atoms with Gasteiger partial charge in [-0.3, -0.25) is 4.79 Å². The molecule has 1 N–H and O–H groups in total. The van der Waals surface area contributed by atoms with Gasteiger partial charge in [-0.25, -0.2) is 0 Å². The predicted molar refractivity (Wildman–Crippen MR) is 57.2 cm³/mol. The van der Waals surface area contributed by atoms with E-state index in [1.54, 1.807) is 0 Å². The molecular formula is C12H21NO. The van der Waals surface area contributed by atoms with Gasteiger partial charge in [0.1, 0.15) is 0 Å². The van der Waals surface area contributed by atoms with Gasteiger partial charge in [0.25, 0.3) is 0 Å². The lowest BCUT2D eigenvalue weighted by atomic mass is 9.73. The number of carbonyl (C=O) groups is 1. The van der Waals surface area contributed by atoms with Crippen molar-refractivity contribution < 1.29 is 4.79 Å². The normalized spacial score (nSPS) is 38.9. The highest BCUT2D eigenvalue weighted by Crippen LogP contribution is 2.37. The molecule has 2 aliphatic rings. The maximum absolute atomic E-state index is 12.1. The van der Waals surface area contributed by atoms with Crippen LogP contribution in [0.1, 0.15) is 44.9 Å². The van der Waals surface area contributed by atoms with E-state index < -0.39 is 0 Å². The van der Waals surface area contributed by atoms with Crippen LogP contribution in [0.3, 0.4) is 0 Å². The number of hydrogen-bond donors (Lipinski definition) is 1. The molecule has 0 aromatic rings. The summed E-state index contributed by atoms with van der Waals surface area (Å²) in [4.78, 5) is 12.1. The van der Waals surface area contributed by atoms with E-state index >= 15 is 0 Å².